The summed E-state index contributed by atoms with van der Waals surface area (Å²) in [7, 11) is -3.00. The van der Waals surface area contributed by atoms with Crippen molar-refractivity contribution in [3.8, 4) is 0 Å². The molecule has 0 amide bonds. The number of hydrogen-bond donors (Lipinski definition) is 1. The number of piperidine rings is 1. The molecule has 0 aliphatic carbocycles. The van der Waals surface area contributed by atoms with Crippen LogP contribution in [-0.4, -0.2) is 69.7 Å². The topological polar surface area (TPSA) is 52.7 Å². The molecule has 3 aliphatic rings. The molecular weight excluding hydrogens is 262 g/mol. The number of likely N-dealkylation sites (tertiary alicyclic amines) is 1. The minimum Gasteiger partial charge on any atom is -0.316 e. The Morgan fingerprint density at radius 2 is 1.84 bits per heavy atom. The predicted molar refractivity (Wildman–Crippen MR) is 75.4 cm³/mol. The summed E-state index contributed by atoms with van der Waals surface area (Å²) in [5, 5.41) is 3.46. The first-order valence-electron chi connectivity index (χ1n) is 7.40. The second kappa shape index (κ2) is 5.31. The minimum absolute atomic E-state index is 0.523. The predicted octanol–water partition coefficient (Wildman–Crippen LogP) is -0.191. The number of nitrogens with one attached hydrogen (secondary N) is 1. The highest BCUT2D eigenvalue weighted by molar-refractivity contribution is 7.88. The van der Waals surface area contributed by atoms with Gasteiger partial charge in [0.05, 0.1) is 6.26 Å². The number of nitrogens with zero attached hydrogens (tertiary/aromatic N) is 2. The maximum atomic E-state index is 11.6. The molecule has 3 heterocycles. The number of fused-ring (bicyclic) bond motifs is 1. The fourth-order valence-electron chi connectivity index (χ4n) is 3.94. The zero-order chi connectivity index (χ0) is 13.5. The van der Waals surface area contributed by atoms with Crippen LogP contribution < -0.4 is 5.32 Å². The van der Waals surface area contributed by atoms with Gasteiger partial charge in [-0.15, -0.1) is 0 Å². The van der Waals surface area contributed by atoms with Crippen LogP contribution in [-0.2, 0) is 10.0 Å². The highest BCUT2D eigenvalue weighted by Gasteiger charge is 2.37. The van der Waals surface area contributed by atoms with Crippen LogP contribution in [0.2, 0.25) is 0 Å². The van der Waals surface area contributed by atoms with Crippen molar-refractivity contribution in [2.45, 2.75) is 12.8 Å². The van der Waals surface area contributed by atoms with Crippen LogP contribution >= 0.6 is 0 Å². The van der Waals surface area contributed by atoms with Gasteiger partial charge >= 0.3 is 0 Å². The molecular formula is C13H25N3O2S. The van der Waals surface area contributed by atoms with Gasteiger partial charge in [0.2, 0.25) is 10.0 Å². The molecule has 0 saturated carbocycles. The van der Waals surface area contributed by atoms with E-state index in [9.17, 15) is 8.42 Å². The molecule has 0 aromatic rings. The molecule has 3 fully saturated rings. The van der Waals surface area contributed by atoms with E-state index in [1.807, 2.05) is 0 Å². The van der Waals surface area contributed by atoms with Crippen LogP contribution in [0, 0.1) is 17.8 Å². The smallest absolute Gasteiger partial charge is 0.211 e. The fraction of sp³-hybridized carbons (Fsp3) is 1.00. The molecule has 6 heteroatoms. The first-order chi connectivity index (χ1) is 9.02. The lowest BCUT2D eigenvalue weighted by Gasteiger charge is -2.33. The highest BCUT2D eigenvalue weighted by Crippen LogP contribution is 2.28. The van der Waals surface area contributed by atoms with Gasteiger partial charge in [-0.05, 0) is 43.7 Å². The Hall–Kier alpha value is -0.170. The Kier molecular flexibility index (Phi) is 3.86. The van der Waals surface area contributed by atoms with Gasteiger partial charge in [-0.1, -0.05) is 0 Å². The third kappa shape index (κ3) is 3.12. The molecule has 3 saturated heterocycles. The molecule has 110 valence electrons. The molecule has 0 spiro atoms. The van der Waals surface area contributed by atoms with E-state index in [1.54, 1.807) is 4.31 Å². The molecule has 5 nitrogen and oxygen atoms in total. The van der Waals surface area contributed by atoms with Crippen LogP contribution in [0.25, 0.3) is 0 Å². The van der Waals surface area contributed by atoms with Crippen molar-refractivity contribution in [3.63, 3.8) is 0 Å². The van der Waals surface area contributed by atoms with Crippen LogP contribution in [0.3, 0.4) is 0 Å². The van der Waals surface area contributed by atoms with E-state index >= 15 is 0 Å². The molecule has 3 atom stereocenters. The summed E-state index contributed by atoms with van der Waals surface area (Å²) in [4.78, 5) is 2.56. The Morgan fingerprint density at radius 1 is 1.16 bits per heavy atom. The van der Waals surface area contributed by atoms with Gasteiger partial charge in [0.25, 0.3) is 0 Å². The number of rotatable bonds is 3. The Balaban J connectivity index is 1.53. The van der Waals surface area contributed by atoms with Crippen LogP contribution in [0.4, 0.5) is 0 Å². The third-order valence-electron chi connectivity index (χ3n) is 4.93. The van der Waals surface area contributed by atoms with E-state index < -0.39 is 10.0 Å². The van der Waals surface area contributed by atoms with Gasteiger partial charge < -0.3 is 10.2 Å². The van der Waals surface area contributed by atoms with Crippen molar-refractivity contribution in [1.82, 2.24) is 14.5 Å². The number of sulfonamides is 1. The standard InChI is InChI=1S/C13H25N3O2S/c1-19(17,18)16-4-2-3-11(8-16)7-15-9-12-5-14-6-13(12)10-15/h11-14H,2-10H2,1H3/t11?,12-,13+. The fourth-order valence-corrected chi connectivity index (χ4v) is 4.89. The Bertz CT molecular complexity index is 414. The third-order valence-corrected chi connectivity index (χ3v) is 6.20. The van der Waals surface area contributed by atoms with Gasteiger partial charge in [-0.25, -0.2) is 12.7 Å². The largest absolute Gasteiger partial charge is 0.316 e. The maximum absolute atomic E-state index is 11.6. The van der Waals surface area contributed by atoms with E-state index in [0.717, 1.165) is 31.3 Å². The maximum Gasteiger partial charge on any atom is 0.211 e. The average Bonchev–Trinajstić information content (AvgIpc) is 2.88. The van der Waals surface area contributed by atoms with Crippen molar-refractivity contribution in [2.75, 3.05) is 52.1 Å². The molecule has 3 aliphatic heterocycles. The van der Waals surface area contributed by atoms with Gasteiger partial charge in [0.1, 0.15) is 0 Å². The van der Waals surface area contributed by atoms with Crippen LogP contribution in [0.15, 0.2) is 0 Å². The molecule has 19 heavy (non-hydrogen) atoms. The summed E-state index contributed by atoms with van der Waals surface area (Å²) < 4.78 is 24.9. The monoisotopic (exact) mass is 287 g/mol. The van der Waals surface area contributed by atoms with Gasteiger partial charge in [-0.2, -0.15) is 0 Å². The van der Waals surface area contributed by atoms with Crippen molar-refractivity contribution < 1.29 is 8.42 Å². The van der Waals surface area contributed by atoms with Crippen LogP contribution in [0.1, 0.15) is 12.8 Å². The van der Waals surface area contributed by atoms with Gasteiger partial charge in [-0.3, -0.25) is 0 Å². The normalized spacial score (nSPS) is 37.6. The summed E-state index contributed by atoms with van der Waals surface area (Å²) >= 11 is 0. The Morgan fingerprint density at radius 3 is 2.47 bits per heavy atom. The lowest BCUT2D eigenvalue weighted by atomic mass is 9.99. The molecule has 0 radical (unpaired) electrons. The van der Waals surface area contributed by atoms with E-state index in [4.69, 9.17) is 0 Å². The zero-order valence-corrected chi connectivity index (χ0v) is 12.5. The average molecular weight is 287 g/mol. The molecule has 0 bridgehead atoms. The second-order valence-corrected chi connectivity index (χ2v) is 8.51. The summed E-state index contributed by atoms with van der Waals surface area (Å²) in [6.45, 7) is 7.26. The Labute approximate surface area is 116 Å². The lowest BCUT2D eigenvalue weighted by molar-refractivity contribution is 0.193. The van der Waals surface area contributed by atoms with Crippen LogP contribution in [0.5, 0.6) is 0 Å². The molecule has 0 aromatic carbocycles. The first-order valence-corrected chi connectivity index (χ1v) is 9.25. The zero-order valence-electron chi connectivity index (χ0n) is 11.7. The number of hydrogen-bond acceptors (Lipinski definition) is 4. The summed E-state index contributed by atoms with van der Waals surface area (Å²) in [6, 6.07) is 0. The van der Waals surface area contributed by atoms with Gasteiger partial charge in [0.15, 0.2) is 0 Å². The van der Waals surface area contributed by atoms with E-state index in [1.165, 1.54) is 38.9 Å². The molecule has 1 unspecified atom stereocenters. The van der Waals surface area contributed by atoms with Crippen molar-refractivity contribution in [2.24, 2.45) is 17.8 Å². The van der Waals surface area contributed by atoms with Crippen molar-refractivity contribution in [3.05, 3.63) is 0 Å². The van der Waals surface area contributed by atoms with E-state index in [2.05, 4.69) is 10.2 Å². The second-order valence-electron chi connectivity index (χ2n) is 6.53. The molecule has 3 rings (SSSR count). The quantitative estimate of drug-likeness (QED) is 0.782. The van der Waals surface area contributed by atoms with Crippen molar-refractivity contribution in [1.29, 1.82) is 0 Å². The SMILES string of the molecule is CS(=O)(=O)N1CCCC(CN2C[C@H]3CNC[C@H]3C2)C1. The first kappa shape index (κ1) is 13.8. The van der Waals surface area contributed by atoms with Crippen molar-refractivity contribution >= 4 is 10.0 Å². The highest BCUT2D eigenvalue weighted by atomic mass is 32.2. The van der Waals surface area contributed by atoms with Gasteiger partial charge in [0, 0.05) is 32.7 Å². The molecule has 0 aromatic heterocycles. The molecule has 1 N–H and O–H groups in total. The summed E-state index contributed by atoms with van der Waals surface area (Å²) in [5.74, 6) is 2.18. The van der Waals surface area contributed by atoms with E-state index in [-0.39, 0.29) is 0 Å². The summed E-state index contributed by atoms with van der Waals surface area (Å²) in [5.41, 5.74) is 0. The minimum atomic E-state index is -3.00. The summed E-state index contributed by atoms with van der Waals surface area (Å²) in [6.07, 6.45) is 3.53. The van der Waals surface area contributed by atoms with E-state index in [0.29, 0.717) is 12.5 Å². The lowest BCUT2D eigenvalue weighted by Crippen LogP contribution is -2.43.